The lowest BCUT2D eigenvalue weighted by Crippen LogP contribution is -2.22. The first-order valence-electron chi connectivity index (χ1n) is 5.01. The Morgan fingerprint density at radius 2 is 2.11 bits per heavy atom. The van der Waals surface area contributed by atoms with Gasteiger partial charge in [0.2, 0.25) is 0 Å². The molecule has 0 aliphatic heterocycles. The van der Waals surface area contributed by atoms with Gasteiger partial charge in [0.25, 0.3) is 5.56 Å². The molecule has 5 nitrogen and oxygen atoms in total. The molecule has 3 N–H and O–H groups in total. The van der Waals surface area contributed by atoms with E-state index in [0.29, 0.717) is 10.7 Å². The molecule has 1 aromatic heterocycles. The molecule has 0 spiro atoms. The van der Waals surface area contributed by atoms with Crippen LogP contribution in [0.5, 0.6) is 5.75 Å². The van der Waals surface area contributed by atoms with E-state index in [4.69, 9.17) is 28.9 Å². The maximum absolute atomic E-state index is 11.8. The molecule has 2 rings (SSSR count). The smallest absolute Gasteiger partial charge is 0.275 e. The van der Waals surface area contributed by atoms with Crippen LogP contribution >= 0.6 is 23.2 Å². The SMILES string of the molecule is NCc1nn(-c2cccc(Cl)c2Cl)c(=O)cc1O. The van der Waals surface area contributed by atoms with Gasteiger partial charge in [0.1, 0.15) is 11.4 Å². The first-order chi connectivity index (χ1) is 8.54. The molecule has 0 amide bonds. The molecule has 0 aliphatic carbocycles. The van der Waals surface area contributed by atoms with Crippen molar-refractivity contribution in [1.29, 1.82) is 0 Å². The van der Waals surface area contributed by atoms with Crippen LogP contribution in [0.4, 0.5) is 0 Å². The normalized spacial score (nSPS) is 10.6. The summed E-state index contributed by atoms with van der Waals surface area (Å²) in [5.41, 5.74) is 5.44. The number of rotatable bonds is 2. The van der Waals surface area contributed by atoms with E-state index in [1.165, 1.54) is 0 Å². The van der Waals surface area contributed by atoms with Gasteiger partial charge in [-0.2, -0.15) is 9.78 Å². The van der Waals surface area contributed by atoms with Crippen molar-refractivity contribution in [3.8, 4) is 11.4 Å². The molecule has 0 fully saturated rings. The highest BCUT2D eigenvalue weighted by Gasteiger charge is 2.12. The number of aromatic hydroxyl groups is 1. The molecule has 0 radical (unpaired) electrons. The fourth-order valence-electron chi connectivity index (χ4n) is 1.46. The van der Waals surface area contributed by atoms with Gasteiger partial charge in [0.15, 0.2) is 0 Å². The number of halogens is 2. The maximum atomic E-state index is 11.8. The van der Waals surface area contributed by atoms with Gasteiger partial charge in [0, 0.05) is 12.6 Å². The molecular formula is C11H9Cl2N3O2. The van der Waals surface area contributed by atoms with Crippen LogP contribution in [0.1, 0.15) is 5.69 Å². The minimum atomic E-state index is -0.520. The highest BCUT2D eigenvalue weighted by molar-refractivity contribution is 6.43. The molecule has 0 unspecified atom stereocenters. The largest absolute Gasteiger partial charge is 0.506 e. The van der Waals surface area contributed by atoms with E-state index in [2.05, 4.69) is 5.10 Å². The van der Waals surface area contributed by atoms with Crippen LogP contribution in [0, 0.1) is 0 Å². The van der Waals surface area contributed by atoms with Crippen LogP contribution in [0.25, 0.3) is 5.69 Å². The third kappa shape index (κ3) is 2.20. The Morgan fingerprint density at radius 3 is 2.78 bits per heavy atom. The summed E-state index contributed by atoms with van der Waals surface area (Å²) in [6.45, 7) is 0.00426. The molecule has 94 valence electrons. The molecule has 0 aliphatic rings. The Kier molecular flexibility index (Phi) is 3.56. The van der Waals surface area contributed by atoms with Gasteiger partial charge >= 0.3 is 0 Å². The summed E-state index contributed by atoms with van der Waals surface area (Å²) in [6.07, 6.45) is 0. The standard InChI is InChI=1S/C11H9Cl2N3O2/c12-6-2-1-3-8(11(6)13)16-10(18)4-9(17)7(5-14)15-16/h1-4,17H,5,14H2. The summed E-state index contributed by atoms with van der Waals surface area (Å²) in [4.78, 5) is 11.8. The lowest BCUT2D eigenvalue weighted by molar-refractivity contribution is 0.457. The summed E-state index contributed by atoms with van der Waals surface area (Å²) in [5, 5.41) is 13.9. The zero-order valence-corrected chi connectivity index (χ0v) is 10.6. The second-order valence-electron chi connectivity index (χ2n) is 3.50. The number of nitrogens with two attached hydrogens (primary N) is 1. The first kappa shape index (κ1) is 12.9. The molecular weight excluding hydrogens is 277 g/mol. The van der Waals surface area contributed by atoms with Crippen molar-refractivity contribution < 1.29 is 5.11 Å². The Balaban J connectivity index is 2.71. The number of aromatic nitrogens is 2. The zero-order chi connectivity index (χ0) is 13.3. The van der Waals surface area contributed by atoms with E-state index in [0.717, 1.165) is 10.7 Å². The van der Waals surface area contributed by atoms with Crippen molar-refractivity contribution in [2.24, 2.45) is 5.73 Å². The molecule has 1 heterocycles. The van der Waals surface area contributed by atoms with Gasteiger partial charge in [-0.25, -0.2) is 0 Å². The summed E-state index contributed by atoms with van der Waals surface area (Å²) in [7, 11) is 0. The van der Waals surface area contributed by atoms with Crippen molar-refractivity contribution in [3.63, 3.8) is 0 Å². The Labute approximate surface area is 112 Å². The van der Waals surface area contributed by atoms with E-state index in [1.54, 1.807) is 18.2 Å². The van der Waals surface area contributed by atoms with Gasteiger partial charge in [-0.15, -0.1) is 0 Å². The molecule has 18 heavy (non-hydrogen) atoms. The van der Waals surface area contributed by atoms with Crippen molar-refractivity contribution in [2.45, 2.75) is 6.54 Å². The topological polar surface area (TPSA) is 81.1 Å². The molecule has 1 aromatic carbocycles. The molecule has 7 heteroatoms. The summed E-state index contributed by atoms with van der Waals surface area (Å²) in [6, 6.07) is 5.88. The van der Waals surface area contributed by atoms with Gasteiger partial charge < -0.3 is 10.8 Å². The average molecular weight is 286 g/mol. The number of benzene rings is 1. The van der Waals surface area contributed by atoms with E-state index < -0.39 is 5.56 Å². The number of hydrogen-bond acceptors (Lipinski definition) is 4. The third-order valence-corrected chi connectivity index (χ3v) is 3.15. The maximum Gasteiger partial charge on any atom is 0.275 e. The number of nitrogens with zero attached hydrogens (tertiary/aromatic N) is 2. The predicted molar refractivity (Wildman–Crippen MR) is 69.4 cm³/mol. The van der Waals surface area contributed by atoms with E-state index in [9.17, 15) is 9.90 Å². The average Bonchev–Trinajstić information content (AvgIpc) is 2.34. The molecule has 0 bridgehead atoms. The van der Waals surface area contributed by atoms with E-state index in [1.807, 2.05) is 0 Å². The molecule has 2 aromatic rings. The van der Waals surface area contributed by atoms with Crippen molar-refractivity contribution in [1.82, 2.24) is 9.78 Å². The minimum Gasteiger partial charge on any atom is -0.506 e. The first-order valence-corrected chi connectivity index (χ1v) is 5.77. The Morgan fingerprint density at radius 1 is 1.39 bits per heavy atom. The second kappa shape index (κ2) is 4.97. The molecule has 0 atom stereocenters. The van der Waals surface area contributed by atoms with Crippen LogP contribution in [0.15, 0.2) is 29.1 Å². The van der Waals surface area contributed by atoms with Gasteiger partial charge in [0.05, 0.1) is 15.7 Å². The fraction of sp³-hybridized carbons (Fsp3) is 0.0909. The highest BCUT2D eigenvalue weighted by atomic mass is 35.5. The zero-order valence-electron chi connectivity index (χ0n) is 9.10. The predicted octanol–water partition coefficient (Wildman–Crippen LogP) is 1.70. The summed E-state index contributed by atoms with van der Waals surface area (Å²) < 4.78 is 1.05. The monoisotopic (exact) mass is 285 g/mol. The Bertz CT molecular complexity index is 655. The van der Waals surface area contributed by atoms with Crippen LogP contribution in [0.3, 0.4) is 0 Å². The summed E-state index contributed by atoms with van der Waals surface area (Å²) in [5.74, 6) is -0.239. The van der Waals surface area contributed by atoms with Crippen LogP contribution < -0.4 is 11.3 Å². The number of hydrogen-bond donors (Lipinski definition) is 2. The quantitative estimate of drug-likeness (QED) is 0.880. The molecule has 0 saturated heterocycles. The third-order valence-electron chi connectivity index (χ3n) is 2.34. The van der Waals surface area contributed by atoms with Crippen molar-refractivity contribution in [3.05, 3.63) is 50.4 Å². The fourth-order valence-corrected chi connectivity index (χ4v) is 1.83. The lowest BCUT2D eigenvalue weighted by atomic mass is 10.3. The van der Waals surface area contributed by atoms with Crippen LogP contribution in [0.2, 0.25) is 10.0 Å². The van der Waals surface area contributed by atoms with Gasteiger partial charge in [-0.3, -0.25) is 4.79 Å². The van der Waals surface area contributed by atoms with Gasteiger partial charge in [-0.1, -0.05) is 29.3 Å². The van der Waals surface area contributed by atoms with Crippen LogP contribution in [-0.2, 0) is 6.54 Å². The highest BCUT2D eigenvalue weighted by Crippen LogP contribution is 2.27. The van der Waals surface area contributed by atoms with E-state index >= 15 is 0 Å². The van der Waals surface area contributed by atoms with Crippen LogP contribution in [-0.4, -0.2) is 14.9 Å². The van der Waals surface area contributed by atoms with Crippen molar-refractivity contribution in [2.75, 3.05) is 0 Å². The van der Waals surface area contributed by atoms with Gasteiger partial charge in [-0.05, 0) is 12.1 Å². The minimum absolute atomic E-state index is 0.00426. The second-order valence-corrected chi connectivity index (χ2v) is 4.29. The van der Waals surface area contributed by atoms with E-state index in [-0.39, 0.29) is 23.0 Å². The lowest BCUT2D eigenvalue weighted by Gasteiger charge is -2.09. The molecule has 0 saturated carbocycles. The summed E-state index contributed by atoms with van der Waals surface area (Å²) >= 11 is 11.9. The Hall–Kier alpha value is -1.56. The van der Waals surface area contributed by atoms with Crippen molar-refractivity contribution >= 4 is 23.2 Å².